The summed E-state index contributed by atoms with van der Waals surface area (Å²) in [7, 11) is 0. The Kier molecular flexibility index (Phi) is 3.11. The highest BCUT2D eigenvalue weighted by Crippen LogP contribution is 2.22. The molecule has 2 aliphatic rings. The minimum Gasteiger partial charge on any atom is -0.378 e. The second kappa shape index (κ2) is 4.74. The highest BCUT2D eigenvalue weighted by Gasteiger charge is 2.23. The molecular weight excluding hydrogens is 218 g/mol. The molecule has 0 aliphatic carbocycles. The first-order valence-corrected chi connectivity index (χ1v) is 6.57. The lowest BCUT2D eigenvalue weighted by Gasteiger charge is -2.21. The van der Waals surface area contributed by atoms with E-state index in [0.717, 1.165) is 50.4 Å². The van der Waals surface area contributed by atoms with Crippen molar-refractivity contribution >= 4 is 0 Å². The molecule has 0 bridgehead atoms. The number of hydrogen-bond donors (Lipinski definition) is 1. The fourth-order valence-corrected chi connectivity index (χ4v) is 2.64. The predicted molar refractivity (Wildman–Crippen MR) is 61.5 cm³/mol. The van der Waals surface area contributed by atoms with E-state index in [1.807, 2.05) is 0 Å². The molecule has 0 amide bonds. The molecule has 0 saturated carbocycles. The Hall–Kier alpha value is -0.940. The highest BCUT2D eigenvalue weighted by molar-refractivity contribution is 4.98. The van der Waals surface area contributed by atoms with Crippen molar-refractivity contribution in [3.63, 3.8) is 0 Å². The number of rotatable bonds is 2. The molecule has 2 unspecified atom stereocenters. The van der Waals surface area contributed by atoms with Crippen LogP contribution in [-0.4, -0.2) is 32.6 Å². The molecule has 1 aromatic heterocycles. The Morgan fingerprint density at radius 1 is 1.29 bits per heavy atom. The van der Waals surface area contributed by atoms with Crippen LogP contribution in [0.5, 0.6) is 0 Å². The number of aliphatic hydroxyl groups is 1. The molecule has 2 atom stereocenters. The van der Waals surface area contributed by atoms with E-state index >= 15 is 0 Å². The third-order valence-corrected chi connectivity index (χ3v) is 3.57. The standard InChI is InChI=1S/C12H19N3O2/c16-12-6-3-5-11-13-10(14-15(11)12)8-9-4-1-2-7-17-9/h9,12,16H,1-8H2. The molecule has 17 heavy (non-hydrogen) atoms. The Morgan fingerprint density at radius 2 is 2.24 bits per heavy atom. The number of hydrogen-bond acceptors (Lipinski definition) is 4. The van der Waals surface area contributed by atoms with E-state index < -0.39 is 6.23 Å². The van der Waals surface area contributed by atoms with Crippen molar-refractivity contribution in [2.45, 2.75) is 57.3 Å². The minimum absolute atomic E-state index is 0.269. The van der Waals surface area contributed by atoms with Crippen molar-refractivity contribution < 1.29 is 9.84 Å². The number of fused-ring (bicyclic) bond motifs is 1. The minimum atomic E-state index is -0.479. The average molecular weight is 237 g/mol. The molecule has 2 aliphatic heterocycles. The second-order valence-corrected chi connectivity index (χ2v) is 4.95. The van der Waals surface area contributed by atoms with Crippen LogP contribution in [0.4, 0.5) is 0 Å². The lowest BCUT2D eigenvalue weighted by Crippen LogP contribution is -2.22. The van der Waals surface area contributed by atoms with Crippen LogP contribution >= 0.6 is 0 Å². The summed E-state index contributed by atoms with van der Waals surface area (Å²) >= 11 is 0. The first-order chi connectivity index (χ1) is 8.33. The van der Waals surface area contributed by atoms with Crippen LogP contribution in [0.2, 0.25) is 0 Å². The normalized spacial score (nSPS) is 29.0. The molecule has 0 aromatic carbocycles. The van der Waals surface area contributed by atoms with Crippen LogP contribution in [-0.2, 0) is 17.6 Å². The van der Waals surface area contributed by atoms with Crippen LogP contribution in [0.3, 0.4) is 0 Å². The maximum atomic E-state index is 9.81. The van der Waals surface area contributed by atoms with Crippen LogP contribution in [0.15, 0.2) is 0 Å². The molecule has 3 rings (SSSR count). The molecule has 1 N–H and O–H groups in total. The van der Waals surface area contributed by atoms with E-state index in [0.29, 0.717) is 0 Å². The number of aryl methyl sites for hydroxylation is 1. The maximum Gasteiger partial charge on any atom is 0.153 e. The Balaban J connectivity index is 1.71. The summed E-state index contributed by atoms with van der Waals surface area (Å²) in [5.41, 5.74) is 0. The van der Waals surface area contributed by atoms with Crippen molar-refractivity contribution in [1.82, 2.24) is 14.8 Å². The summed E-state index contributed by atoms with van der Waals surface area (Å²) in [6, 6.07) is 0. The molecule has 5 heteroatoms. The van der Waals surface area contributed by atoms with Gasteiger partial charge >= 0.3 is 0 Å². The first kappa shape index (κ1) is 11.2. The summed E-state index contributed by atoms with van der Waals surface area (Å²) in [6.07, 6.45) is 6.80. The highest BCUT2D eigenvalue weighted by atomic mass is 16.5. The Labute approximate surface area is 101 Å². The van der Waals surface area contributed by atoms with Crippen LogP contribution in [0, 0.1) is 0 Å². The summed E-state index contributed by atoms with van der Waals surface area (Å²) in [5.74, 6) is 1.75. The van der Waals surface area contributed by atoms with Gasteiger partial charge in [-0.2, -0.15) is 5.10 Å². The zero-order valence-electron chi connectivity index (χ0n) is 10.0. The Bertz CT molecular complexity index is 385. The van der Waals surface area contributed by atoms with Crippen molar-refractivity contribution in [2.24, 2.45) is 0 Å². The van der Waals surface area contributed by atoms with E-state index in [-0.39, 0.29) is 6.10 Å². The van der Waals surface area contributed by atoms with Gasteiger partial charge in [-0.05, 0) is 32.1 Å². The topological polar surface area (TPSA) is 60.2 Å². The number of aromatic nitrogens is 3. The molecule has 1 saturated heterocycles. The molecule has 3 heterocycles. The van der Waals surface area contributed by atoms with Gasteiger partial charge in [0.2, 0.25) is 0 Å². The van der Waals surface area contributed by atoms with Gasteiger partial charge in [0.05, 0.1) is 6.10 Å². The molecule has 5 nitrogen and oxygen atoms in total. The first-order valence-electron chi connectivity index (χ1n) is 6.57. The maximum absolute atomic E-state index is 9.81. The fourth-order valence-electron chi connectivity index (χ4n) is 2.64. The quantitative estimate of drug-likeness (QED) is 0.840. The van der Waals surface area contributed by atoms with Gasteiger partial charge < -0.3 is 9.84 Å². The number of ether oxygens (including phenoxy) is 1. The second-order valence-electron chi connectivity index (χ2n) is 4.95. The number of aliphatic hydroxyl groups excluding tert-OH is 1. The average Bonchev–Trinajstić information content (AvgIpc) is 2.74. The SMILES string of the molecule is OC1CCCc2nc(CC3CCCCO3)nn21. The third kappa shape index (κ3) is 2.35. The smallest absolute Gasteiger partial charge is 0.153 e. The monoisotopic (exact) mass is 237 g/mol. The molecule has 1 aromatic rings. The van der Waals surface area contributed by atoms with Crippen LogP contribution < -0.4 is 0 Å². The zero-order valence-corrected chi connectivity index (χ0v) is 10.0. The van der Waals surface area contributed by atoms with Gasteiger partial charge in [0, 0.05) is 19.4 Å². The summed E-state index contributed by atoms with van der Waals surface area (Å²) in [6.45, 7) is 0.862. The van der Waals surface area contributed by atoms with Gasteiger partial charge in [-0.3, -0.25) is 0 Å². The van der Waals surface area contributed by atoms with Crippen LogP contribution in [0.25, 0.3) is 0 Å². The van der Waals surface area contributed by atoms with Crippen LogP contribution in [0.1, 0.15) is 50.0 Å². The molecule has 94 valence electrons. The van der Waals surface area contributed by atoms with Crippen molar-refractivity contribution in [2.75, 3.05) is 6.61 Å². The predicted octanol–water partition coefficient (Wildman–Crippen LogP) is 1.22. The van der Waals surface area contributed by atoms with E-state index in [9.17, 15) is 5.11 Å². The van der Waals surface area contributed by atoms with Gasteiger partial charge in [-0.15, -0.1) is 0 Å². The van der Waals surface area contributed by atoms with Gasteiger partial charge in [0.25, 0.3) is 0 Å². The fraction of sp³-hybridized carbons (Fsp3) is 0.833. The van der Waals surface area contributed by atoms with Crippen molar-refractivity contribution in [1.29, 1.82) is 0 Å². The van der Waals surface area contributed by atoms with Gasteiger partial charge in [-0.25, -0.2) is 9.67 Å². The van der Waals surface area contributed by atoms with Gasteiger partial charge in [0.15, 0.2) is 5.82 Å². The summed E-state index contributed by atoms with van der Waals surface area (Å²) < 4.78 is 7.37. The number of nitrogens with zero attached hydrogens (tertiary/aromatic N) is 3. The van der Waals surface area contributed by atoms with E-state index in [1.165, 1.54) is 12.8 Å². The zero-order chi connectivity index (χ0) is 11.7. The molecular formula is C12H19N3O2. The van der Waals surface area contributed by atoms with Crippen molar-refractivity contribution in [3.05, 3.63) is 11.6 Å². The lowest BCUT2D eigenvalue weighted by atomic mass is 10.1. The summed E-state index contributed by atoms with van der Waals surface area (Å²) in [4.78, 5) is 4.51. The summed E-state index contributed by atoms with van der Waals surface area (Å²) in [5, 5.41) is 14.2. The largest absolute Gasteiger partial charge is 0.378 e. The Morgan fingerprint density at radius 3 is 3.00 bits per heavy atom. The molecule has 0 spiro atoms. The van der Waals surface area contributed by atoms with Gasteiger partial charge in [-0.1, -0.05) is 0 Å². The molecule has 1 fully saturated rings. The third-order valence-electron chi connectivity index (χ3n) is 3.57. The van der Waals surface area contributed by atoms with E-state index in [2.05, 4.69) is 10.1 Å². The lowest BCUT2D eigenvalue weighted by molar-refractivity contribution is 0.0152. The van der Waals surface area contributed by atoms with Gasteiger partial charge in [0.1, 0.15) is 12.1 Å². The van der Waals surface area contributed by atoms with Crippen molar-refractivity contribution in [3.8, 4) is 0 Å². The molecule has 0 radical (unpaired) electrons. The van der Waals surface area contributed by atoms with E-state index in [1.54, 1.807) is 4.68 Å². The van der Waals surface area contributed by atoms with E-state index in [4.69, 9.17) is 4.74 Å².